The second-order valence-corrected chi connectivity index (χ2v) is 7.13. The molecular weight excluding hydrogens is 391 g/mol. The Morgan fingerprint density at radius 3 is 2.50 bits per heavy atom. The number of nitrogens with two attached hydrogens (primary N) is 1. The maximum Gasteiger partial charge on any atom is 0.279 e. The second kappa shape index (κ2) is 9.64. The van der Waals surface area contributed by atoms with Crippen LogP contribution in [0.2, 0.25) is 0 Å². The van der Waals surface area contributed by atoms with Gasteiger partial charge in [-0.05, 0) is 45.2 Å². The average molecular weight is 414 g/mol. The molecule has 0 aliphatic heterocycles. The van der Waals surface area contributed by atoms with E-state index in [1.807, 2.05) is 20.8 Å². The number of hydrogen-bond donors (Lipinski definition) is 2. The van der Waals surface area contributed by atoms with Gasteiger partial charge in [0.1, 0.15) is 34.4 Å². The first-order valence-electron chi connectivity index (χ1n) is 8.96. The van der Waals surface area contributed by atoms with Crippen LogP contribution in [0.3, 0.4) is 0 Å². The Balaban J connectivity index is 2.41. The van der Waals surface area contributed by atoms with Crippen molar-refractivity contribution in [1.29, 1.82) is 0 Å². The monoisotopic (exact) mass is 414 g/mol. The van der Waals surface area contributed by atoms with Gasteiger partial charge in [0.2, 0.25) is 0 Å². The van der Waals surface area contributed by atoms with Crippen molar-refractivity contribution in [2.24, 2.45) is 10.7 Å². The lowest BCUT2D eigenvalue weighted by Crippen LogP contribution is -2.23. The highest BCUT2D eigenvalue weighted by Crippen LogP contribution is 2.30. The Morgan fingerprint density at radius 2 is 1.90 bits per heavy atom. The normalized spacial score (nSPS) is 12.0. The number of aliphatic imine (C=N–C) groups is 1. The van der Waals surface area contributed by atoms with Gasteiger partial charge in [0.05, 0.1) is 6.20 Å². The summed E-state index contributed by atoms with van der Waals surface area (Å²) in [7, 11) is 1.68. The van der Waals surface area contributed by atoms with Gasteiger partial charge in [-0.3, -0.25) is 9.59 Å². The van der Waals surface area contributed by atoms with Gasteiger partial charge in [-0.15, -0.1) is 0 Å². The number of nitrogens with zero attached hydrogens (tertiary/aromatic N) is 2. The Hall–Kier alpha value is -3.75. The minimum atomic E-state index is -0.824. The van der Waals surface area contributed by atoms with Crippen molar-refractivity contribution in [2.75, 3.05) is 7.05 Å². The van der Waals surface area contributed by atoms with Crippen molar-refractivity contribution < 1.29 is 23.5 Å². The molecule has 2 rings (SSSR count). The summed E-state index contributed by atoms with van der Waals surface area (Å²) in [6, 6.07) is 5.49. The molecule has 8 nitrogen and oxygen atoms in total. The van der Waals surface area contributed by atoms with Gasteiger partial charge in [-0.25, -0.2) is 9.37 Å². The van der Waals surface area contributed by atoms with Crippen LogP contribution in [0.15, 0.2) is 47.7 Å². The Labute approximate surface area is 173 Å². The lowest BCUT2D eigenvalue weighted by Gasteiger charge is -2.22. The Bertz CT molecular complexity index is 997. The largest absolute Gasteiger partial charge is 0.488 e. The lowest BCUT2D eigenvalue weighted by atomic mass is 10.1. The quantitative estimate of drug-likeness (QED) is 0.406. The van der Waals surface area contributed by atoms with Crippen LogP contribution in [-0.4, -0.2) is 35.7 Å². The van der Waals surface area contributed by atoms with Crippen LogP contribution in [-0.2, 0) is 0 Å². The summed E-state index contributed by atoms with van der Waals surface area (Å²) >= 11 is 0. The van der Waals surface area contributed by atoms with E-state index in [0.29, 0.717) is 12.0 Å². The second-order valence-electron chi connectivity index (χ2n) is 7.13. The molecule has 0 radical (unpaired) electrons. The summed E-state index contributed by atoms with van der Waals surface area (Å²) in [5, 5.41) is 2.74. The Kier molecular flexibility index (Phi) is 7.24. The summed E-state index contributed by atoms with van der Waals surface area (Å²) in [4.78, 5) is 30.7. The number of rotatable bonds is 7. The number of ether oxygens (including phenoxy) is 2. The standard InChI is InChI=1S/C21H23FN4O4/c1-21(2,3)30-15-8-13(20(28)26-19(23)5-6-24-4)7-14(9-15)29-16-10-17(22)18(12-27)25-11-16/h5-12,24H,1-4H3,(H2,23,26,28)/b6-5-. The summed E-state index contributed by atoms with van der Waals surface area (Å²) in [5.74, 6) is -0.841. The van der Waals surface area contributed by atoms with Gasteiger partial charge in [-0.2, -0.15) is 4.99 Å². The van der Waals surface area contributed by atoms with Gasteiger partial charge in [0.25, 0.3) is 5.91 Å². The molecule has 1 aromatic heterocycles. The van der Waals surface area contributed by atoms with Crippen LogP contribution >= 0.6 is 0 Å². The first-order valence-corrected chi connectivity index (χ1v) is 8.96. The first kappa shape index (κ1) is 22.5. The van der Waals surface area contributed by atoms with Crippen molar-refractivity contribution >= 4 is 18.0 Å². The van der Waals surface area contributed by atoms with Crippen molar-refractivity contribution in [3.63, 3.8) is 0 Å². The topological polar surface area (TPSA) is 116 Å². The number of nitrogens with one attached hydrogen (secondary N) is 1. The van der Waals surface area contributed by atoms with Crippen LogP contribution in [0.4, 0.5) is 4.39 Å². The molecule has 1 heterocycles. The zero-order chi connectivity index (χ0) is 22.3. The molecule has 0 unspecified atom stereocenters. The van der Waals surface area contributed by atoms with Crippen LogP contribution in [0.5, 0.6) is 17.2 Å². The molecule has 0 fully saturated rings. The third-order valence-corrected chi connectivity index (χ3v) is 3.39. The number of carbonyl (C=O) groups is 2. The van der Waals surface area contributed by atoms with Crippen molar-refractivity contribution in [2.45, 2.75) is 26.4 Å². The van der Waals surface area contributed by atoms with E-state index in [4.69, 9.17) is 15.2 Å². The molecule has 30 heavy (non-hydrogen) atoms. The molecule has 158 valence electrons. The third kappa shape index (κ3) is 6.69. The number of benzene rings is 1. The summed E-state index contributed by atoms with van der Waals surface area (Å²) < 4.78 is 25.3. The number of amides is 1. The predicted molar refractivity (Wildman–Crippen MR) is 111 cm³/mol. The minimum absolute atomic E-state index is 0.00897. The number of aromatic nitrogens is 1. The first-order chi connectivity index (χ1) is 14.1. The number of halogens is 1. The molecule has 0 aliphatic rings. The van der Waals surface area contributed by atoms with Gasteiger partial charge in [0.15, 0.2) is 12.1 Å². The summed E-state index contributed by atoms with van der Waals surface area (Å²) in [6.07, 6.45) is 4.47. The van der Waals surface area contributed by atoms with E-state index in [1.165, 1.54) is 30.6 Å². The van der Waals surface area contributed by atoms with Gasteiger partial charge in [0, 0.05) is 24.7 Å². The Morgan fingerprint density at radius 1 is 1.20 bits per heavy atom. The molecule has 0 saturated heterocycles. The molecule has 0 spiro atoms. The van der Waals surface area contributed by atoms with Gasteiger partial charge in [-0.1, -0.05) is 0 Å². The predicted octanol–water partition coefficient (Wildman–Crippen LogP) is 3.23. The third-order valence-electron chi connectivity index (χ3n) is 3.39. The van der Waals surface area contributed by atoms with E-state index in [1.54, 1.807) is 13.1 Å². The average Bonchev–Trinajstić information content (AvgIpc) is 2.65. The zero-order valence-corrected chi connectivity index (χ0v) is 17.1. The molecule has 0 aliphatic carbocycles. The lowest BCUT2D eigenvalue weighted by molar-refractivity contribution is 0.0998. The smallest absolute Gasteiger partial charge is 0.279 e. The SMILES string of the molecule is CN/C=C\C(N)=NC(=O)c1cc(Oc2cnc(C=O)c(F)c2)cc(OC(C)(C)C)c1. The highest BCUT2D eigenvalue weighted by atomic mass is 19.1. The fraction of sp³-hybridized carbons (Fsp3) is 0.238. The van der Waals surface area contributed by atoms with E-state index < -0.39 is 17.3 Å². The van der Waals surface area contributed by atoms with Crippen molar-refractivity contribution in [3.05, 3.63) is 59.8 Å². The fourth-order valence-electron chi connectivity index (χ4n) is 2.26. The summed E-state index contributed by atoms with van der Waals surface area (Å²) in [5.41, 5.74) is 4.99. The van der Waals surface area contributed by atoms with E-state index in [2.05, 4.69) is 15.3 Å². The molecule has 1 amide bonds. The number of amidine groups is 1. The maximum absolute atomic E-state index is 13.8. The van der Waals surface area contributed by atoms with E-state index in [-0.39, 0.29) is 28.6 Å². The summed E-state index contributed by atoms with van der Waals surface area (Å²) in [6.45, 7) is 5.54. The number of aldehydes is 1. The number of carbonyl (C=O) groups excluding carboxylic acids is 2. The van der Waals surface area contributed by atoms with Gasteiger partial charge < -0.3 is 20.5 Å². The van der Waals surface area contributed by atoms with E-state index >= 15 is 0 Å². The number of hydrogen-bond acceptors (Lipinski definition) is 6. The van der Waals surface area contributed by atoms with Crippen LogP contribution in [0.25, 0.3) is 0 Å². The van der Waals surface area contributed by atoms with Crippen LogP contribution in [0.1, 0.15) is 41.6 Å². The maximum atomic E-state index is 13.8. The zero-order valence-electron chi connectivity index (χ0n) is 17.1. The molecule has 0 saturated carbocycles. The van der Waals surface area contributed by atoms with Crippen molar-refractivity contribution in [3.8, 4) is 17.2 Å². The molecule has 3 N–H and O–H groups in total. The van der Waals surface area contributed by atoms with E-state index in [0.717, 1.165) is 6.07 Å². The minimum Gasteiger partial charge on any atom is -0.488 e. The fourth-order valence-corrected chi connectivity index (χ4v) is 2.26. The van der Waals surface area contributed by atoms with Gasteiger partial charge >= 0.3 is 0 Å². The molecule has 9 heteroatoms. The molecule has 0 bridgehead atoms. The molecular formula is C21H23FN4O4. The molecule has 2 aromatic rings. The highest BCUT2D eigenvalue weighted by Gasteiger charge is 2.16. The highest BCUT2D eigenvalue weighted by molar-refractivity contribution is 6.06. The molecule has 0 atom stereocenters. The van der Waals surface area contributed by atoms with Crippen molar-refractivity contribution in [1.82, 2.24) is 10.3 Å². The van der Waals surface area contributed by atoms with Crippen LogP contribution < -0.4 is 20.5 Å². The van der Waals surface area contributed by atoms with Crippen LogP contribution in [0, 0.1) is 5.82 Å². The molecule has 1 aromatic carbocycles. The number of pyridine rings is 1. The van der Waals surface area contributed by atoms with E-state index in [9.17, 15) is 14.0 Å².